The lowest BCUT2D eigenvalue weighted by atomic mass is 10.2. The van der Waals surface area contributed by atoms with Crippen molar-refractivity contribution in [2.45, 2.75) is 30.2 Å². The van der Waals surface area contributed by atoms with Gasteiger partial charge in [0.2, 0.25) is 10.0 Å². The van der Waals surface area contributed by atoms with E-state index in [-0.39, 0.29) is 17.7 Å². The highest BCUT2D eigenvalue weighted by molar-refractivity contribution is 7.89. The molecular formula is C12H12N2O4S. The number of sulfonamides is 1. The van der Waals surface area contributed by atoms with Crippen molar-refractivity contribution in [3.63, 3.8) is 0 Å². The lowest BCUT2D eigenvalue weighted by Gasteiger charge is -2.14. The summed E-state index contributed by atoms with van der Waals surface area (Å²) in [6.07, 6.45) is 0.577. The molecule has 1 aliphatic carbocycles. The highest BCUT2D eigenvalue weighted by Crippen LogP contribution is 2.37. The van der Waals surface area contributed by atoms with Gasteiger partial charge in [-0.05, 0) is 43.5 Å². The van der Waals surface area contributed by atoms with Crippen LogP contribution in [0.1, 0.15) is 24.0 Å². The summed E-state index contributed by atoms with van der Waals surface area (Å²) in [5, 5.41) is 17.7. The van der Waals surface area contributed by atoms with E-state index < -0.39 is 21.5 Å². The van der Waals surface area contributed by atoms with E-state index in [0.717, 1.165) is 0 Å². The lowest BCUT2D eigenvalue weighted by Crippen LogP contribution is -2.43. The summed E-state index contributed by atoms with van der Waals surface area (Å²) in [7, 11) is -3.90. The van der Waals surface area contributed by atoms with Crippen molar-refractivity contribution in [3.05, 3.63) is 29.3 Å². The summed E-state index contributed by atoms with van der Waals surface area (Å²) < 4.78 is 26.5. The molecule has 1 aliphatic rings. The van der Waals surface area contributed by atoms with Crippen LogP contribution in [0, 0.1) is 18.3 Å². The summed E-state index contributed by atoms with van der Waals surface area (Å²) >= 11 is 0. The van der Waals surface area contributed by atoms with Crippen LogP contribution in [-0.4, -0.2) is 25.0 Å². The Morgan fingerprint density at radius 2 is 2.11 bits per heavy atom. The van der Waals surface area contributed by atoms with Crippen LogP contribution in [0.25, 0.3) is 0 Å². The minimum absolute atomic E-state index is 0.000903. The van der Waals surface area contributed by atoms with Crippen LogP contribution in [0.5, 0.6) is 0 Å². The van der Waals surface area contributed by atoms with Gasteiger partial charge in [-0.15, -0.1) is 0 Å². The Hall–Kier alpha value is -1.91. The number of nitrogens with one attached hydrogen (secondary N) is 1. The molecule has 1 aromatic carbocycles. The van der Waals surface area contributed by atoms with Gasteiger partial charge in [0.25, 0.3) is 0 Å². The summed E-state index contributed by atoms with van der Waals surface area (Å²) in [4.78, 5) is 11.0. The first-order chi connectivity index (χ1) is 8.81. The molecule has 0 atom stereocenters. The highest BCUT2D eigenvalue weighted by Gasteiger charge is 2.53. The quantitative estimate of drug-likeness (QED) is 0.846. The molecule has 0 unspecified atom stereocenters. The Labute approximate surface area is 110 Å². The lowest BCUT2D eigenvalue weighted by molar-refractivity contribution is -0.140. The van der Waals surface area contributed by atoms with Crippen LogP contribution in [0.2, 0.25) is 0 Å². The maximum atomic E-state index is 12.2. The normalized spacial score (nSPS) is 16.6. The van der Waals surface area contributed by atoms with E-state index in [1.54, 1.807) is 6.92 Å². The van der Waals surface area contributed by atoms with Crippen LogP contribution in [0.15, 0.2) is 23.1 Å². The van der Waals surface area contributed by atoms with E-state index in [4.69, 9.17) is 10.4 Å². The van der Waals surface area contributed by atoms with Gasteiger partial charge in [-0.3, -0.25) is 4.79 Å². The van der Waals surface area contributed by atoms with Gasteiger partial charge in [-0.2, -0.15) is 9.98 Å². The van der Waals surface area contributed by atoms with Gasteiger partial charge in [0, 0.05) is 0 Å². The van der Waals surface area contributed by atoms with Crippen molar-refractivity contribution in [2.24, 2.45) is 0 Å². The molecule has 2 N–H and O–H groups in total. The molecule has 2 rings (SSSR count). The van der Waals surface area contributed by atoms with Crippen LogP contribution >= 0.6 is 0 Å². The van der Waals surface area contributed by atoms with Crippen molar-refractivity contribution >= 4 is 16.0 Å². The molecule has 0 aliphatic heterocycles. The summed E-state index contributed by atoms with van der Waals surface area (Å²) in [6, 6.07) is 6.07. The van der Waals surface area contributed by atoms with Gasteiger partial charge in [-0.25, -0.2) is 8.42 Å². The molecule has 6 nitrogen and oxygen atoms in total. The molecule has 19 heavy (non-hydrogen) atoms. The summed E-state index contributed by atoms with van der Waals surface area (Å²) in [5.74, 6) is -1.16. The first-order valence-electron chi connectivity index (χ1n) is 5.59. The Morgan fingerprint density at radius 1 is 1.47 bits per heavy atom. The Bertz CT molecular complexity index is 684. The zero-order chi connectivity index (χ0) is 14.3. The predicted octanol–water partition coefficient (Wildman–Crippen LogP) is 0.762. The Balaban J connectivity index is 2.36. The molecule has 0 saturated heterocycles. The number of aliphatic carboxylic acids is 1. The van der Waals surface area contributed by atoms with E-state index in [0.29, 0.717) is 11.1 Å². The average molecular weight is 280 g/mol. The third-order valence-corrected chi connectivity index (χ3v) is 4.78. The van der Waals surface area contributed by atoms with Crippen molar-refractivity contribution in [2.75, 3.05) is 0 Å². The van der Waals surface area contributed by atoms with Gasteiger partial charge >= 0.3 is 5.97 Å². The molecule has 100 valence electrons. The van der Waals surface area contributed by atoms with E-state index in [2.05, 4.69) is 4.72 Å². The fourth-order valence-corrected chi connectivity index (χ4v) is 3.46. The van der Waals surface area contributed by atoms with Crippen molar-refractivity contribution in [1.82, 2.24) is 4.72 Å². The second kappa shape index (κ2) is 4.33. The number of carbonyl (C=O) groups is 1. The number of carboxylic acids is 1. The van der Waals surface area contributed by atoms with Crippen LogP contribution < -0.4 is 4.72 Å². The van der Waals surface area contributed by atoms with Gasteiger partial charge in [0.1, 0.15) is 5.54 Å². The minimum Gasteiger partial charge on any atom is -0.480 e. The number of nitriles is 1. The van der Waals surface area contributed by atoms with Crippen molar-refractivity contribution < 1.29 is 18.3 Å². The number of carboxylic acid groups (broad SMARTS) is 1. The van der Waals surface area contributed by atoms with Gasteiger partial charge in [0.05, 0.1) is 16.5 Å². The van der Waals surface area contributed by atoms with Gasteiger partial charge in [0.15, 0.2) is 0 Å². The molecule has 0 amide bonds. The molecule has 0 heterocycles. The number of aryl methyl sites for hydroxylation is 1. The zero-order valence-corrected chi connectivity index (χ0v) is 11.0. The maximum Gasteiger partial charge on any atom is 0.324 e. The van der Waals surface area contributed by atoms with E-state index in [9.17, 15) is 13.2 Å². The zero-order valence-electron chi connectivity index (χ0n) is 10.2. The van der Waals surface area contributed by atoms with Crippen molar-refractivity contribution in [1.29, 1.82) is 5.26 Å². The monoisotopic (exact) mass is 280 g/mol. The van der Waals surface area contributed by atoms with E-state index in [1.165, 1.54) is 18.2 Å². The van der Waals surface area contributed by atoms with E-state index in [1.807, 2.05) is 6.07 Å². The van der Waals surface area contributed by atoms with E-state index >= 15 is 0 Å². The van der Waals surface area contributed by atoms with Gasteiger partial charge < -0.3 is 5.11 Å². The fourth-order valence-electron chi connectivity index (χ4n) is 1.82. The molecule has 1 fully saturated rings. The minimum atomic E-state index is -3.90. The Morgan fingerprint density at radius 3 is 2.53 bits per heavy atom. The standard InChI is InChI=1S/C12H12N2O4S/c1-8-6-9(7-13)2-3-10(8)19(17,18)14-12(4-5-12)11(15)16/h2-3,6,14H,4-5H2,1H3,(H,15,16). The SMILES string of the molecule is Cc1cc(C#N)ccc1S(=O)(=O)NC1(C(=O)O)CC1. The second-order valence-corrected chi connectivity index (χ2v) is 6.24. The number of benzene rings is 1. The smallest absolute Gasteiger partial charge is 0.324 e. The summed E-state index contributed by atoms with van der Waals surface area (Å²) in [5.41, 5.74) is -0.595. The number of hydrogen-bond donors (Lipinski definition) is 2. The number of nitrogens with zero attached hydrogens (tertiary/aromatic N) is 1. The highest BCUT2D eigenvalue weighted by atomic mass is 32.2. The largest absolute Gasteiger partial charge is 0.480 e. The molecule has 7 heteroatoms. The number of hydrogen-bond acceptors (Lipinski definition) is 4. The van der Waals surface area contributed by atoms with Crippen molar-refractivity contribution in [3.8, 4) is 6.07 Å². The third-order valence-electron chi connectivity index (χ3n) is 3.08. The second-order valence-electron chi connectivity index (χ2n) is 4.58. The molecule has 0 radical (unpaired) electrons. The fraction of sp³-hybridized carbons (Fsp3) is 0.333. The average Bonchev–Trinajstić information content (AvgIpc) is 3.08. The molecule has 1 saturated carbocycles. The first-order valence-corrected chi connectivity index (χ1v) is 7.07. The molecule has 0 bridgehead atoms. The molecule has 0 spiro atoms. The topological polar surface area (TPSA) is 107 Å². The number of rotatable bonds is 4. The van der Waals surface area contributed by atoms with Gasteiger partial charge in [-0.1, -0.05) is 0 Å². The molecule has 1 aromatic rings. The molecule has 0 aromatic heterocycles. The predicted molar refractivity (Wildman–Crippen MR) is 65.8 cm³/mol. The van der Waals surface area contributed by atoms with Crippen LogP contribution in [0.3, 0.4) is 0 Å². The van der Waals surface area contributed by atoms with Crippen LogP contribution in [-0.2, 0) is 14.8 Å². The summed E-state index contributed by atoms with van der Waals surface area (Å²) in [6.45, 7) is 1.57. The first kappa shape index (κ1) is 13.5. The Kier molecular flexibility index (Phi) is 3.08. The third kappa shape index (κ3) is 2.45. The maximum absolute atomic E-state index is 12.2. The van der Waals surface area contributed by atoms with Crippen LogP contribution in [0.4, 0.5) is 0 Å². The molecular weight excluding hydrogens is 268 g/mol.